The Balaban J connectivity index is 1.69. The molecule has 146 valence electrons. The first-order valence-electron chi connectivity index (χ1n) is 9.69. The van der Waals surface area contributed by atoms with Gasteiger partial charge in [0.05, 0.1) is 16.9 Å². The summed E-state index contributed by atoms with van der Waals surface area (Å²) >= 11 is 0. The first-order chi connectivity index (χ1) is 14.2. The molecule has 0 aliphatic heterocycles. The molecule has 0 saturated heterocycles. The van der Waals surface area contributed by atoms with Gasteiger partial charge < -0.3 is 10.3 Å². The fraction of sp³-hybridized carbons (Fsp3) is 0.167. The first kappa shape index (κ1) is 18.9. The van der Waals surface area contributed by atoms with Crippen LogP contribution in [0.15, 0.2) is 67.3 Å². The van der Waals surface area contributed by atoms with Crippen LogP contribution in [-0.4, -0.2) is 22.4 Å². The lowest BCUT2D eigenvalue weighted by molar-refractivity contribution is -0.120. The minimum absolute atomic E-state index is 0.0127. The maximum atomic E-state index is 13.9. The lowest BCUT2D eigenvalue weighted by atomic mass is 10.0. The van der Waals surface area contributed by atoms with Crippen LogP contribution in [0.2, 0.25) is 0 Å². The molecule has 4 rings (SSSR count). The van der Waals surface area contributed by atoms with Crippen molar-refractivity contribution in [1.29, 1.82) is 0 Å². The number of nitrogens with one attached hydrogen (secondary N) is 2. The number of H-pyrrole nitrogens is 1. The van der Waals surface area contributed by atoms with Crippen LogP contribution < -0.4 is 5.32 Å². The molecule has 2 aromatic heterocycles. The Morgan fingerprint density at radius 1 is 1.17 bits per heavy atom. The third-order valence-electron chi connectivity index (χ3n) is 5.00. The number of nitrogens with zero attached hydrogens (tertiary/aromatic N) is 1. The van der Waals surface area contributed by atoms with Crippen molar-refractivity contribution in [3.05, 3.63) is 78.6 Å². The molecule has 29 heavy (non-hydrogen) atoms. The number of aryl methyl sites for hydroxylation is 1. The molecule has 1 amide bonds. The van der Waals surface area contributed by atoms with E-state index in [1.165, 1.54) is 6.07 Å². The lowest BCUT2D eigenvalue weighted by Crippen LogP contribution is -2.22. The number of pyridine rings is 1. The van der Waals surface area contributed by atoms with E-state index in [9.17, 15) is 9.18 Å². The summed E-state index contributed by atoms with van der Waals surface area (Å²) in [5.74, 6) is -0.291. The maximum absolute atomic E-state index is 13.9. The number of amides is 1. The molecule has 0 bridgehead atoms. The predicted octanol–water partition coefficient (Wildman–Crippen LogP) is 5.15. The van der Waals surface area contributed by atoms with Crippen LogP contribution in [0.4, 0.5) is 4.39 Å². The largest absolute Gasteiger partial charge is 0.353 e. The SMILES string of the molecule is C=CCNC(=O)CCCc1c(-c2ccc3ccccc3n2)[nH]c2ccc(F)cc12. The highest BCUT2D eigenvalue weighted by Gasteiger charge is 2.15. The van der Waals surface area contributed by atoms with Crippen LogP contribution in [0.1, 0.15) is 18.4 Å². The van der Waals surface area contributed by atoms with Crippen molar-refractivity contribution in [3.63, 3.8) is 0 Å². The number of aromatic amines is 1. The summed E-state index contributed by atoms with van der Waals surface area (Å²) in [5.41, 5.74) is 4.44. The van der Waals surface area contributed by atoms with Gasteiger partial charge in [0.25, 0.3) is 0 Å². The predicted molar refractivity (Wildman–Crippen MR) is 115 cm³/mol. The zero-order chi connectivity index (χ0) is 20.2. The van der Waals surface area contributed by atoms with E-state index in [2.05, 4.69) is 16.9 Å². The number of para-hydroxylation sites is 1. The van der Waals surface area contributed by atoms with Crippen LogP contribution in [0, 0.1) is 5.82 Å². The second-order valence-electron chi connectivity index (χ2n) is 7.00. The number of aromatic nitrogens is 2. The van der Waals surface area contributed by atoms with Gasteiger partial charge in [-0.2, -0.15) is 0 Å². The normalized spacial score (nSPS) is 11.1. The fourth-order valence-electron chi connectivity index (χ4n) is 3.60. The number of halogens is 1. The Morgan fingerprint density at radius 3 is 2.90 bits per heavy atom. The number of hydrogen-bond donors (Lipinski definition) is 2. The number of rotatable bonds is 7. The van der Waals surface area contributed by atoms with Gasteiger partial charge in [-0.1, -0.05) is 30.3 Å². The average Bonchev–Trinajstić information content (AvgIpc) is 3.09. The molecule has 0 atom stereocenters. The minimum atomic E-state index is -0.278. The van der Waals surface area contributed by atoms with Crippen molar-refractivity contribution in [1.82, 2.24) is 15.3 Å². The Morgan fingerprint density at radius 2 is 2.03 bits per heavy atom. The fourth-order valence-corrected chi connectivity index (χ4v) is 3.60. The van der Waals surface area contributed by atoms with Crippen LogP contribution in [0.5, 0.6) is 0 Å². The van der Waals surface area contributed by atoms with E-state index in [0.29, 0.717) is 25.8 Å². The highest BCUT2D eigenvalue weighted by atomic mass is 19.1. The molecule has 4 aromatic rings. The quantitative estimate of drug-likeness (QED) is 0.431. The second-order valence-corrected chi connectivity index (χ2v) is 7.00. The minimum Gasteiger partial charge on any atom is -0.353 e. The Hall–Kier alpha value is -3.47. The molecular weight excluding hydrogens is 365 g/mol. The Labute approximate surface area is 168 Å². The van der Waals surface area contributed by atoms with Gasteiger partial charge in [0.2, 0.25) is 5.91 Å². The smallest absolute Gasteiger partial charge is 0.220 e. The second kappa shape index (κ2) is 8.27. The topological polar surface area (TPSA) is 57.8 Å². The summed E-state index contributed by atoms with van der Waals surface area (Å²) in [6.45, 7) is 4.06. The summed E-state index contributed by atoms with van der Waals surface area (Å²) in [4.78, 5) is 20.1. The van der Waals surface area contributed by atoms with Crippen molar-refractivity contribution in [2.75, 3.05) is 6.54 Å². The first-order valence-corrected chi connectivity index (χ1v) is 9.69. The van der Waals surface area contributed by atoms with E-state index < -0.39 is 0 Å². The number of carbonyl (C=O) groups is 1. The van der Waals surface area contributed by atoms with E-state index in [4.69, 9.17) is 4.98 Å². The molecule has 0 spiro atoms. The summed E-state index contributed by atoms with van der Waals surface area (Å²) in [5, 5.41) is 4.69. The molecule has 2 N–H and O–H groups in total. The van der Waals surface area contributed by atoms with Gasteiger partial charge in [0.1, 0.15) is 5.82 Å². The van der Waals surface area contributed by atoms with E-state index in [0.717, 1.165) is 38.8 Å². The summed E-state index contributed by atoms with van der Waals surface area (Å²) in [7, 11) is 0. The van der Waals surface area contributed by atoms with Crippen LogP contribution in [-0.2, 0) is 11.2 Å². The van der Waals surface area contributed by atoms with Crippen molar-refractivity contribution in [2.24, 2.45) is 0 Å². The average molecular weight is 387 g/mol. The molecule has 5 heteroatoms. The highest BCUT2D eigenvalue weighted by molar-refractivity contribution is 5.91. The molecule has 4 nitrogen and oxygen atoms in total. The van der Waals surface area contributed by atoms with Gasteiger partial charge in [0, 0.05) is 29.3 Å². The van der Waals surface area contributed by atoms with Crippen LogP contribution >= 0.6 is 0 Å². The summed E-state index contributed by atoms with van der Waals surface area (Å²) in [6.07, 6.45) is 3.37. The van der Waals surface area contributed by atoms with E-state index in [1.54, 1.807) is 18.2 Å². The van der Waals surface area contributed by atoms with Crippen molar-refractivity contribution in [2.45, 2.75) is 19.3 Å². The van der Waals surface area contributed by atoms with Crippen LogP contribution in [0.25, 0.3) is 33.2 Å². The number of benzene rings is 2. The summed E-state index contributed by atoms with van der Waals surface area (Å²) in [6, 6.07) is 16.7. The third-order valence-corrected chi connectivity index (χ3v) is 5.00. The van der Waals surface area contributed by atoms with E-state index >= 15 is 0 Å². The van der Waals surface area contributed by atoms with Gasteiger partial charge in [-0.3, -0.25) is 4.79 Å². The molecule has 0 fully saturated rings. The van der Waals surface area contributed by atoms with E-state index in [1.807, 2.05) is 36.4 Å². The Kier molecular flexibility index (Phi) is 5.38. The third kappa shape index (κ3) is 4.04. The standard InChI is InChI=1S/C24H22FN3O/c1-2-14-26-23(29)9-5-7-18-19-15-17(25)11-13-21(19)28-24(18)22-12-10-16-6-3-4-8-20(16)27-22/h2-4,6,8,10-13,15,28H,1,5,7,9,14H2,(H,26,29). The zero-order valence-electron chi connectivity index (χ0n) is 16.0. The number of carbonyl (C=O) groups excluding carboxylic acids is 1. The number of hydrogen-bond acceptors (Lipinski definition) is 2. The highest BCUT2D eigenvalue weighted by Crippen LogP contribution is 2.32. The molecule has 0 saturated carbocycles. The van der Waals surface area contributed by atoms with E-state index in [-0.39, 0.29) is 11.7 Å². The molecule has 0 unspecified atom stereocenters. The molecule has 0 aliphatic carbocycles. The van der Waals surface area contributed by atoms with Crippen molar-refractivity contribution in [3.8, 4) is 11.4 Å². The van der Waals surface area contributed by atoms with Crippen molar-refractivity contribution < 1.29 is 9.18 Å². The molecule has 2 aromatic carbocycles. The molecular formula is C24H22FN3O. The Bertz CT molecular complexity index is 1200. The summed E-state index contributed by atoms with van der Waals surface area (Å²) < 4.78 is 13.9. The van der Waals surface area contributed by atoms with Gasteiger partial charge in [0.15, 0.2) is 0 Å². The van der Waals surface area contributed by atoms with Gasteiger partial charge >= 0.3 is 0 Å². The lowest BCUT2D eigenvalue weighted by Gasteiger charge is -2.07. The molecule has 2 heterocycles. The monoisotopic (exact) mass is 387 g/mol. The van der Waals surface area contributed by atoms with Gasteiger partial charge in [-0.05, 0) is 48.7 Å². The molecule has 0 radical (unpaired) electrons. The molecule has 0 aliphatic rings. The van der Waals surface area contributed by atoms with Gasteiger partial charge in [-0.15, -0.1) is 6.58 Å². The van der Waals surface area contributed by atoms with Gasteiger partial charge in [-0.25, -0.2) is 9.37 Å². The zero-order valence-corrected chi connectivity index (χ0v) is 16.0. The maximum Gasteiger partial charge on any atom is 0.220 e. The van der Waals surface area contributed by atoms with Crippen LogP contribution in [0.3, 0.4) is 0 Å². The van der Waals surface area contributed by atoms with Crippen molar-refractivity contribution >= 4 is 27.7 Å². The number of fused-ring (bicyclic) bond motifs is 2.